The van der Waals surface area contributed by atoms with Gasteiger partial charge in [0, 0.05) is 31.1 Å². The van der Waals surface area contributed by atoms with Gasteiger partial charge in [0.1, 0.15) is 0 Å². The van der Waals surface area contributed by atoms with Gasteiger partial charge in [0.25, 0.3) is 5.91 Å². The van der Waals surface area contributed by atoms with Crippen molar-refractivity contribution in [2.45, 2.75) is 66.8 Å². The topological polar surface area (TPSA) is 77.1 Å². The summed E-state index contributed by atoms with van der Waals surface area (Å²) in [6.45, 7) is 14.4. The van der Waals surface area contributed by atoms with Crippen LogP contribution in [0.5, 0.6) is 17.2 Å². The van der Waals surface area contributed by atoms with Crippen LogP contribution in [0.4, 0.5) is 0 Å². The molecule has 0 aromatic heterocycles. The minimum absolute atomic E-state index is 0.0368. The second-order valence-electron chi connectivity index (χ2n) is 8.97. The van der Waals surface area contributed by atoms with Gasteiger partial charge in [0.15, 0.2) is 11.5 Å². The molecule has 1 aliphatic rings. The number of rotatable bonds is 9. The maximum Gasteiger partial charge on any atom is 0.254 e. The summed E-state index contributed by atoms with van der Waals surface area (Å²) in [5.41, 5.74) is 0.482. The zero-order chi connectivity index (χ0) is 23.0. The average molecular weight is 435 g/mol. The number of benzene rings is 1. The van der Waals surface area contributed by atoms with Crippen LogP contribution in [0.25, 0.3) is 0 Å². The van der Waals surface area contributed by atoms with E-state index in [0.717, 1.165) is 12.8 Å². The number of likely N-dealkylation sites (tertiary alicyclic amines) is 1. The number of carbonyl (C=O) groups is 2. The maximum atomic E-state index is 13.2. The van der Waals surface area contributed by atoms with Crippen molar-refractivity contribution in [3.05, 3.63) is 17.7 Å². The highest BCUT2D eigenvalue weighted by Crippen LogP contribution is 2.39. The van der Waals surface area contributed by atoms with Crippen LogP contribution < -0.4 is 19.5 Å². The van der Waals surface area contributed by atoms with E-state index in [-0.39, 0.29) is 23.3 Å². The van der Waals surface area contributed by atoms with E-state index in [1.165, 1.54) is 0 Å². The molecule has 1 heterocycles. The van der Waals surface area contributed by atoms with Gasteiger partial charge < -0.3 is 24.4 Å². The van der Waals surface area contributed by atoms with Gasteiger partial charge in [0.05, 0.1) is 19.8 Å². The third-order valence-electron chi connectivity index (χ3n) is 4.99. The van der Waals surface area contributed by atoms with Crippen LogP contribution in [-0.4, -0.2) is 55.7 Å². The Balaban J connectivity index is 2.08. The highest BCUT2D eigenvalue weighted by Gasteiger charge is 2.27. The molecule has 1 aliphatic heterocycles. The zero-order valence-corrected chi connectivity index (χ0v) is 19.9. The fourth-order valence-corrected chi connectivity index (χ4v) is 3.68. The number of hydrogen-bond donors (Lipinski definition) is 1. The monoisotopic (exact) mass is 434 g/mol. The quantitative estimate of drug-likeness (QED) is 0.635. The van der Waals surface area contributed by atoms with E-state index in [1.54, 1.807) is 12.1 Å². The Morgan fingerprint density at radius 2 is 1.48 bits per heavy atom. The summed E-state index contributed by atoms with van der Waals surface area (Å²) in [7, 11) is 0. The molecule has 1 aromatic rings. The van der Waals surface area contributed by atoms with Gasteiger partial charge in [-0.3, -0.25) is 9.59 Å². The van der Waals surface area contributed by atoms with Crippen molar-refractivity contribution in [2.24, 2.45) is 5.41 Å². The summed E-state index contributed by atoms with van der Waals surface area (Å²) in [6.07, 6.45) is 1.99. The molecule has 7 nitrogen and oxygen atoms in total. The van der Waals surface area contributed by atoms with E-state index in [0.29, 0.717) is 62.1 Å². The number of ether oxygens (including phenoxy) is 3. The Kier molecular flexibility index (Phi) is 9.01. The van der Waals surface area contributed by atoms with Crippen LogP contribution in [0.3, 0.4) is 0 Å². The number of nitrogens with one attached hydrogen (secondary N) is 1. The van der Waals surface area contributed by atoms with Gasteiger partial charge in [-0.25, -0.2) is 0 Å². The highest BCUT2D eigenvalue weighted by molar-refractivity contribution is 5.95. The molecular weight excluding hydrogens is 396 g/mol. The Bertz CT molecular complexity index is 722. The van der Waals surface area contributed by atoms with Crippen molar-refractivity contribution < 1.29 is 23.8 Å². The lowest BCUT2D eigenvalue weighted by Crippen LogP contribution is -2.47. The molecule has 0 aliphatic carbocycles. The van der Waals surface area contributed by atoms with Crippen molar-refractivity contribution in [3.63, 3.8) is 0 Å². The standard InChI is InChI=1S/C24H38N2O5/c1-7-29-19-14-17(15-20(30-8-2)22(19)31-9-3)23(28)26-12-10-18(11-13-26)25-21(27)16-24(4,5)6/h14-15,18H,7-13,16H2,1-6H3,(H,25,27). The fourth-order valence-electron chi connectivity index (χ4n) is 3.68. The van der Waals surface area contributed by atoms with Crippen molar-refractivity contribution in [2.75, 3.05) is 32.9 Å². The molecule has 1 N–H and O–H groups in total. The number of amides is 2. The third kappa shape index (κ3) is 7.33. The normalized spacial score (nSPS) is 14.8. The molecular formula is C24H38N2O5. The molecule has 1 aromatic carbocycles. The van der Waals surface area contributed by atoms with E-state index in [9.17, 15) is 9.59 Å². The Labute approximate surface area is 186 Å². The van der Waals surface area contributed by atoms with Crippen LogP contribution in [-0.2, 0) is 4.79 Å². The molecule has 0 saturated carbocycles. The molecule has 0 radical (unpaired) electrons. The van der Waals surface area contributed by atoms with E-state index >= 15 is 0 Å². The van der Waals surface area contributed by atoms with Gasteiger partial charge in [-0.05, 0) is 51.2 Å². The smallest absolute Gasteiger partial charge is 0.254 e. The molecule has 0 spiro atoms. The maximum absolute atomic E-state index is 13.2. The summed E-state index contributed by atoms with van der Waals surface area (Å²) < 4.78 is 17.2. The van der Waals surface area contributed by atoms with E-state index in [1.807, 2.05) is 25.7 Å². The van der Waals surface area contributed by atoms with Gasteiger partial charge in [-0.15, -0.1) is 0 Å². The molecule has 0 bridgehead atoms. The molecule has 1 fully saturated rings. The average Bonchev–Trinajstić information content (AvgIpc) is 2.69. The Morgan fingerprint density at radius 1 is 0.968 bits per heavy atom. The Morgan fingerprint density at radius 3 is 1.94 bits per heavy atom. The van der Waals surface area contributed by atoms with Gasteiger partial charge in [-0.1, -0.05) is 20.8 Å². The molecule has 7 heteroatoms. The van der Waals surface area contributed by atoms with Gasteiger partial charge in [0.2, 0.25) is 11.7 Å². The number of piperidine rings is 1. The zero-order valence-electron chi connectivity index (χ0n) is 19.9. The van der Waals surface area contributed by atoms with Crippen molar-refractivity contribution >= 4 is 11.8 Å². The Hall–Kier alpha value is -2.44. The summed E-state index contributed by atoms with van der Waals surface area (Å²) in [4.78, 5) is 27.2. The van der Waals surface area contributed by atoms with Crippen molar-refractivity contribution in [1.82, 2.24) is 10.2 Å². The van der Waals surface area contributed by atoms with Crippen LogP contribution >= 0.6 is 0 Å². The van der Waals surface area contributed by atoms with Gasteiger partial charge in [-0.2, -0.15) is 0 Å². The first-order valence-electron chi connectivity index (χ1n) is 11.3. The van der Waals surface area contributed by atoms with Crippen LogP contribution in [0, 0.1) is 5.41 Å². The van der Waals surface area contributed by atoms with Crippen LogP contribution in [0.2, 0.25) is 0 Å². The predicted octanol–water partition coefficient (Wildman–Crippen LogP) is 4.04. The second-order valence-corrected chi connectivity index (χ2v) is 8.97. The molecule has 0 atom stereocenters. The summed E-state index contributed by atoms with van der Waals surface area (Å²) in [5.74, 6) is 1.57. The second kappa shape index (κ2) is 11.3. The fraction of sp³-hybridized carbons (Fsp3) is 0.667. The first-order chi connectivity index (χ1) is 14.7. The molecule has 0 unspecified atom stereocenters. The van der Waals surface area contributed by atoms with E-state index < -0.39 is 0 Å². The number of carbonyl (C=O) groups excluding carboxylic acids is 2. The molecule has 2 amide bonds. The number of nitrogens with zero attached hydrogens (tertiary/aromatic N) is 1. The summed E-state index contributed by atoms with van der Waals surface area (Å²) >= 11 is 0. The highest BCUT2D eigenvalue weighted by atomic mass is 16.5. The summed E-state index contributed by atoms with van der Waals surface area (Å²) in [6, 6.07) is 3.57. The first-order valence-corrected chi connectivity index (χ1v) is 11.3. The molecule has 174 valence electrons. The first kappa shape index (κ1) is 24.8. The lowest BCUT2D eigenvalue weighted by atomic mass is 9.91. The van der Waals surface area contributed by atoms with Crippen LogP contribution in [0.1, 0.15) is 71.2 Å². The van der Waals surface area contributed by atoms with E-state index in [2.05, 4.69) is 26.1 Å². The lowest BCUT2D eigenvalue weighted by Gasteiger charge is -2.33. The van der Waals surface area contributed by atoms with Crippen molar-refractivity contribution in [1.29, 1.82) is 0 Å². The minimum atomic E-state index is -0.0653. The predicted molar refractivity (Wildman–Crippen MR) is 121 cm³/mol. The third-order valence-corrected chi connectivity index (χ3v) is 4.99. The molecule has 31 heavy (non-hydrogen) atoms. The minimum Gasteiger partial charge on any atom is -0.490 e. The lowest BCUT2D eigenvalue weighted by molar-refractivity contribution is -0.123. The molecule has 2 rings (SSSR count). The number of hydrogen-bond acceptors (Lipinski definition) is 5. The molecule has 1 saturated heterocycles. The summed E-state index contributed by atoms with van der Waals surface area (Å²) in [5, 5.41) is 3.11. The van der Waals surface area contributed by atoms with Gasteiger partial charge >= 0.3 is 0 Å². The van der Waals surface area contributed by atoms with Crippen molar-refractivity contribution in [3.8, 4) is 17.2 Å². The SMILES string of the molecule is CCOc1cc(C(=O)N2CCC(NC(=O)CC(C)(C)C)CC2)cc(OCC)c1OCC. The van der Waals surface area contributed by atoms with E-state index in [4.69, 9.17) is 14.2 Å². The largest absolute Gasteiger partial charge is 0.490 e. The van der Waals surface area contributed by atoms with Crippen LogP contribution in [0.15, 0.2) is 12.1 Å².